The molecule has 1 aliphatic carbocycles. The van der Waals surface area contributed by atoms with Gasteiger partial charge in [-0.15, -0.1) is 0 Å². The lowest BCUT2D eigenvalue weighted by molar-refractivity contribution is -0.119. The fourth-order valence-corrected chi connectivity index (χ4v) is 3.92. The van der Waals surface area contributed by atoms with Gasteiger partial charge in [0.25, 0.3) is 0 Å². The van der Waals surface area contributed by atoms with Crippen molar-refractivity contribution in [3.05, 3.63) is 72.7 Å². The lowest BCUT2D eigenvalue weighted by atomic mass is 10.0. The summed E-state index contributed by atoms with van der Waals surface area (Å²) in [6.07, 6.45) is 4.20. The predicted molar refractivity (Wildman–Crippen MR) is 116 cm³/mol. The maximum atomic E-state index is 13.5. The quantitative estimate of drug-likeness (QED) is 0.598. The van der Waals surface area contributed by atoms with Gasteiger partial charge in [-0.25, -0.2) is 9.37 Å². The summed E-state index contributed by atoms with van der Waals surface area (Å²) in [7, 11) is 1.50. The maximum absolute atomic E-state index is 13.5. The molecular formula is C24H24FN3O2. The number of ether oxygens (including phenoxy) is 1. The molecule has 30 heavy (non-hydrogen) atoms. The highest BCUT2D eigenvalue weighted by molar-refractivity contribution is 5.92. The van der Waals surface area contributed by atoms with Gasteiger partial charge in [-0.05, 0) is 61.2 Å². The highest BCUT2D eigenvalue weighted by atomic mass is 19.1. The van der Waals surface area contributed by atoms with Gasteiger partial charge in [0.2, 0.25) is 5.91 Å². The molecule has 1 aromatic heterocycles. The number of para-hydroxylation sites is 1. The third kappa shape index (κ3) is 4.59. The number of amides is 1. The van der Waals surface area contributed by atoms with E-state index in [4.69, 9.17) is 4.74 Å². The molecule has 5 nitrogen and oxygen atoms in total. The molecule has 4 rings (SSSR count). The second-order valence-electron chi connectivity index (χ2n) is 7.48. The average Bonchev–Trinajstić information content (AvgIpc) is 3.23. The normalized spacial score (nSPS) is 18.1. The smallest absolute Gasteiger partial charge is 0.228 e. The first-order chi connectivity index (χ1) is 14.6. The van der Waals surface area contributed by atoms with Gasteiger partial charge in [-0.2, -0.15) is 0 Å². The average molecular weight is 405 g/mol. The monoisotopic (exact) mass is 405 g/mol. The van der Waals surface area contributed by atoms with E-state index in [0.717, 1.165) is 36.1 Å². The molecule has 2 atom stereocenters. The Labute approximate surface area is 175 Å². The van der Waals surface area contributed by atoms with Crippen LogP contribution in [0.2, 0.25) is 0 Å². The van der Waals surface area contributed by atoms with Gasteiger partial charge in [0.05, 0.1) is 7.11 Å². The van der Waals surface area contributed by atoms with Crippen LogP contribution in [-0.2, 0) is 4.79 Å². The Morgan fingerprint density at radius 3 is 2.73 bits per heavy atom. The molecule has 2 unspecified atom stereocenters. The molecule has 0 aliphatic heterocycles. The van der Waals surface area contributed by atoms with Crippen LogP contribution in [0, 0.1) is 11.7 Å². The third-order valence-corrected chi connectivity index (χ3v) is 5.43. The zero-order valence-electron chi connectivity index (χ0n) is 16.8. The minimum absolute atomic E-state index is 0.0249. The van der Waals surface area contributed by atoms with Crippen LogP contribution >= 0.6 is 0 Å². The van der Waals surface area contributed by atoms with E-state index >= 15 is 0 Å². The van der Waals surface area contributed by atoms with Crippen molar-refractivity contribution in [1.29, 1.82) is 0 Å². The number of methoxy groups -OCH3 is 1. The highest BCUT2D eigenvalue weighted by Gasteiger charge is 2.30. The van der Waals surface area contributed by atoms with Crippen molar-refractivity contribution in [2.24, 2.45) is 5.92 Å². The fraction of sp³-hybridized carbons (Fsp3) is 0.250. The molecule has 1 heterocycles. The van der Waals surface area contributed by atoms with Gasteiger partial charge in [0.1, 0.15) is 17.4 Å². The number of aromatic nitrogens is 1. The predicted octanol–water partition coefficient (Wildman–Crippen LogP) is 5.12. The summed E-state index contributed by atoms with van der Waals surface area (Å²) in [6, 6.07) is 18.3. The molecule has 1 amide bonds. The van der Waals surface area contributed by atoms with Crippen LogP contribution in [0.1, 0.15) is 19.3 Å². The number of carbonyl (C=O) groups is 1. The third-order valence-electron chi connectivity index (χ3n) is 5.43. The van der Waals surface area contributed by atoms with Crippen molar-refractivity contribution >= 4 is 17.4 Å². The van der Waals surface area contributed by atoms with E-state index < -0.39 is 0 Å². The van der Waals surface area contributed by atoms with Crippen LogP contribution < -0.4 is 15.4 Å². The van der Waals surface area contributed by atoms with Gasteiger partial charge < -0.3 is 15.4 Å². The van der Waals surface area contributed by atoms with E-state index in [1.165, 1.54) is 19.2 Å². The summed E-state index contributed by atoms with van der Waals surface area (Å²) in [5, 5.41) is 6.43. The maximum Gasteiger partial charge on any atom is 0.228 e. The van der Waals surface area contributed by atoms with Crippen molar-refractivity contribution in [3.63, 3.8) is 0 Å². The van der Waals surface area contributed by atoms with E-state index in [2.05, 4.69) is 15.6 Å². The Morgan fingerprint density at radius 1 is 1.10 bits per heavy atom. The van der Waals surface area contributed by atoms with E-state index in [9.17, 15) is 9.18 Å². The number of anilines is 2. The number of halogens is 1. The molecule has 154 valence electrons. The summed E-state index contributed by atoms with van der Waals surface area (Å²) in [6.45, 7) is 0. The molecule has 2 aromatic carbocycles. The molecule has 0 saturated heterocycles. The summed E-state index contributed by atoms with van der Waals surface area (Å²) < 4.78 is 18.8. The van der Waals surface area contributed by atoms with Crippen molar-refractivity contribution in [3.8, 4) is 16.9 Å². The largest absolute Gasteiger partial charge is 0.496 e. The zero-order chi connectivity index (χ0) is 20.9. The zero-order valence-corrected chi connectivity index (χ0v) is 16.8. The first-order valence-electron chi connectivity index (χ1n) is 10.0. The Bertz CT molecular complexity index is 1030. The number of nitrogens with zero attached hydrogens (tertiary/aromatic N) is 1. The highest BCUT2D eigenvalue weighted by Crippen LogP contribution is 2.32. The van der Waals surface area contributed by atoms with Gasteiger partial charge in [-0.3, -0.25) is 4.79 Å². The van der Waals surface area contributed by atoms with E-state index in [0.29, 0.717) is 11.6 Å². The van der Waals surface area contributed by atoms with Crippen molar-refractivity contribution < 1.29 is 13.9 Å². The molecule has 2 N–H and O–H groups in total. The Balaban J connectivity index is 1.41. The minimum atomic E-state index is -0.363. The van der Waals surface area contributed by atoms with Crippen LogP contribution in [0.3, 0.4) is 0 Å². The van der Waals surface area contributed by atoms with Crippen LogP contribution in [0.4, 0.5) is 15.9 Å². The summed E-state index contributed by atoms with van der Waals surface area (Å²) in [4.78, 5) is 17.0. The van der Waals surface area contributed by atoms with Crippen LogP contribution in [0.25, 0.3) is 11.1 Å². The van der Waals surface area contributed by atoms with Gasteiger partial charge in [0.15, 0.2) is 0 Å². The molecule has 1 aliphatic rings. The number of hydrogen-bond acceptors (Lipinski definition) is 4. The van der Waals surface area contributed by atoms with Gasteiger partial charge >= 0.3 is 0 Å². The first kappa shape index (κ1) is 19.9. The van der Waals surface area contributed by atoms with Gasteiger partial charge in [0, 0.05) is 35.5 Å². The van der Waals surface area contributed by atoms with Crippen molar-refractivity contribution in [2.75, 3.05) is 17.7 Å². The number of nitrogens with one attached hydrogen (secondary N) is 2. The van der Waals surface area contributed by atoms with Gasteiger partial charge in [-0.1, -0.05) is 18.2 Å². The number of hydrogen-bond donors (Lipinski definition) is 2. The summed E-state index contributed by atoms with van der Waals surface area (Å²) in [5.41, 5.74) is 2.61. The fourth-order valence-electron chi connectivity index (χ4n) is 3.92. The number of carbonyl (C=O) groups excluding carboxylic acids is 1. The Kier molecular flexibility index (Phi) is 5.93. The molecule has 6 heteroatoms. The molecule has 0 bridgehead atoms. The van der Waals surface area contributed by atoms with Crippen molar-refractivity contribution in [1.82, 2.24) is 4.98 Å². The number of pyridine rings is 1. The lowest BCUT2D eigenvalue weighted by Gasteiger charge is -2.15. The van der Waals surface area contributed by atoms with Crippen LogP contribution in [0.5, 0.6) is 5.75 Å². The SMILES string of the molecule is COc1cc(F)ccc1-c1ccnc(NC(=O)C2CCC(Nc3ccccc3)C2)c1. The first-order valence-corrected chi connectivity index (χ1v) is 10.0. The molecule has 0 spiro atoms. The molecule has 3 aromatic rings. The number of rotatable bonds is 6. The topological polar surface area (TPSA) is 63.2 Å². The molecule has 1 saturated carbocycles. The molecular weight excluding hydrogens is 381 g/mol. The summed E-state index contributed by atoms with van der Waals surface area (Å²) in [5.74, 6) is 0.464. The standard InChI is InChI=1S/C24H24FN3O2/c1-30-22-15-18(25)8-10-21(22)16-11-12-26-23(14-16)28-24(29)17-7-9-20(13-17)27-19-5-3-2-4-6-19/h2-6,8,10-12,14-15,17,20,27H,7,9,13H2,1H3,(H,26,28,29). The second-order valence-corrected chi connectivity index (χ2v) is 7.48. The second kappa shape index (κ2) is 8.95. The summed E-state index contributed by atoms with van der Waals surface area (Å²) >= 11 is 0. The Morgan fingerprint density at radius 2 is 1.93 bits per heavy atom. The molecule has 1 fully saturated rings. The van der Waals surface area contributed by atoms with E-state index in [1.54, 1.807) is 24.4 Å². The Hall–Kier alpha value is -3.41. The van der Waals surface area contributed by atoms with E-state index in [1.807, 2.05) is 30.3 Å². The lowest BCUT2D eigenvalue weighted by Crippen LogP contribution is -2.23. The number of benzene rings is 2. The minimum Gasteiger partial charge on any atom is -0.496 e. The molecule has 0 radical (unpaired) electrons. The van der Waals surface area contributed by atoms with Crippen LogP contribution in [0.15, 0.2) is 66.9 Å². The van der Waals surface area contributed by atoms with E-state index in [-0.39, 0.29) is 23.7 Å². The van der Waals surface area contributed by atoms with Crippen LogP contribution in [-0.4, -0.2) is 24.0 Å². The van der Waals surface area contributed by atoms with Crippen molar-refractivity contribution in [2.45, 2.75) is 25.3 Å².